The molecule has 3 amide bonds. The second kappa shape index (κ2) is 12.4. The Morgan fingerprint density at radius 2 is 1.63 bits per heavy atom. The van der Waals surface area contributed by atoms with E-state index in [9.17, 15) is 23.6 Å². The maximum absolute atomic E-state index is 12.9. The van der Waals surface area contributed by atoms with E-state index in [4.69, 9.17) is 9.84 Å². The van der Waals surface area contributed by atoms with E-state index >= 15 is 0 Å². The average molecular weight is 425 g/mol. The number of halogens is 1. The van der Waals surface area contributed by atoms with Gasteiger partial charge in [0.2, 0.25) is 11.8 Å². The van der Waals surface area contributed by atoms with E-state index in [0.29, 0.717) is 0 Å². The molecule has 0 saturated heterocycles. The third-order valence-electron chi connectivity index (χ3n) is 4.14. The van der Waals surface area contributed by atoms with Crippen LogP contribution in [0.15, 0.2) is 30.3 Å². The Hall–Kier alpha value is -3.17. The number of rotatable bonds is 11. The van der Waals surface area contributed by atoms with Crippen molar-refractivity contribution in [1.82, 2.24) is 16.0 Å². The molecule has 0 radical (unpaired) electrons. The lowest BCUT2D eigenvalue weighted by molar-refractivity contribution is -0.138. The molecule has 10 heteroatoms. The summed E-state index contributed by atoms with van der Waals surface area (Å²) in [6.07, 6.45) is -1.37. The molecule has 0 aromatic heterocycles. The summed E-state index contributed by atoms with van der Waals surface area (Å²) in [5.41, 5.74) is 0.785. The van der Waals surface area contributed by atoms with Crippen molar-refractivity contribution in [3.8, 4) is 0 Å². The molecule has 9 nitrogen and oxygen atoms in total. The Morgan fingerprint density at radius 1 is 1.00 bits per heavy atom. The van der Waals surface area contributed by atoms with Crippen LogP contribution in [0.2, 0.25) is 0 Å². The number of hydrogen-bond donors (Lipinski definition) is 4. The van der Waals surface area contributed by atoms with Crippen molar-refractivity contribution >= 4 is 23.9 Å². The van der Waals surface area contributed by atoms with Crippen LogP contribution >= 0.6 is 0 Å². The molecular formula is C20H28FN3O6. The lowest BCUT2D eigenvalue weighted by Gasteiger charge is -2.24. The van der Waals surface area contributed by atoms with Crippen molar-refractivity contribution in [3.05, 3.63) is 35.9 Å². The Balaban J connectivity index is 2.59. The van der Waals surface area contributed by atoms with Crippen molar-refractivity contribution in [1.29, 1.82) is 0 Å². The summed E-state index contributed by atoms with van der Waals surface area (Å²) in [7, 11) is 0. The van der Waals surface area contributed by atoms with Crippen LogP contribution in [0.25, 0.3) is 0 Å². The van der Waals surface area contributed by atoms with E-state index in [1.807, 2.05) is 6.07 Å². The first-order chi connectivity index (χ1) is 14.1. The Kier molecular flexibility index (Phi) is 10.3. The molecule has 1 unspecified atom stereocenters. The number of carbonyl (C=O) groups excluding carboxylic acids is 3. The number of carboxylic acids is 1. The first-order valence-corrected chi connectivity index (χ1v) is 9.49. The number of hydrogen-bond acceptors (Lipinski definition) is 5. The van der Waals surface area contributed by atoms with E-state index < -0.39 is 55.1 Å². The average Bonchev–Trinajstić information content (AvgIpc) is 2.69. The quantitative estimate of drug-likeness (QED) is 0.423. The Morgan fingerprint density at radius 3 is 2.17 bits per heavy atom. The zero-order valence-electron chi connectivity index (χ0n) is 17.2. The molecule has 0 bridgehead atoms. The van der Waals surface area contributed by atoms with Crippen molar-refractivity contribution in [2.45, 2.75) is 51.9 Å². The third kappa shape index (κ3) is 8.89. The summed E-state index contributed by atoms with van der Waals surface area (Å²) in [5, 5.41) is 15.8. The van der Waals surface area contributed by atoms with Gasteiger partial charge in [-0.25, -0.2) is 9.18 Å². The second-order valence-corrected chi connectivity index (χ2v) is 7.12. The highest BCUT2D eigenvalue weighted by Gasteiger charge is 2.28. The zero-order chi connectivity index (χ0) is 22.7. The number of alkyl carbamates (subject to hydrolysis) is 1. The van der Waals surface area contributed by atoms with Crippen molar-refractivity contribution < 1.29 is 33.4 Å². The molecule has 0 aliphatic heterocycles. The number of amides is 3. The highest BCUT2D eigenvalue weighted by atomic mass is 19.1. The van der Waals surface area contributed by atoms with Gasteiger partial charge >= 0.3 is 12.1 Å². The Labute approximate surface area is 174 Å². The molecule has 0 heterocycles. The van der Waals surface area contributed by atoms with E-state index in [2.05, 4.69) is 16.0 Å². The maximum Gasteiger partial charge on any atom is 0.408 e. The lowest BCUT2D eigenvalue weighted by Crippen LogP contribution is -2.55. The van der Waals surface area contributed by atoms with Crippen LogP contribution in [0.3, 0.4) is 0 Å². The van der Waals surface area contributed by atoms with Gasteiger partial charge < -0.3 is 25.8 Å². The SMILES string of the molecule is CC(C)[C@H](NC(=O)OCc1ccccc1)C(=O)N[C@@H](C)C(=O)NC(CF)CC(=O)O. The monoisotopic (exact) mass is 425 g/mol. The number of nitrogens with one attached hydrogen (secondary N) is 3. The van der Waals surface area contributed by atoms with Crippen LogP contribution < -0.4 is 16.0 Å². The summed E-state index contributed by atoms with van der Waals surface area (Å²) in [6, 6.07) is 5.78. The number of ether oxygens (including phenoxy) is 1. The standard InChI is InChI=1S/C20H28FN3O6/c1-12(2)17(24-20(29)30-11-14-7-5-4-6-8-14)19(28)22-13(3)18(27)23-15(10-21)9-16(25)26/h4-8,12-13,15,17H,9-11H2,1-3H3,(H,22,28)(H,23,27)(H,24,29)(H,25,26)/t13-,15?,17-/m0/s1. The van der Waals surface area contributed by atoms with E-state index in [0.717, 1.165) is 5.56 Å². The molecule has 0 aliphatic rings. The summed E-state index contributed by atoms with van der Waals surface area (Å²) in [5.74, 6) is -2.93. The van der Waals surface area contributed by atoms with Gasteiger partial charge in [0.15, 0.2) is 0 Å². The van der Waals surface area contributed by atoms with E-state index in [1.54, 1.807) is 38.1 Å². The molecule has 1 rings (SSSR count). The predicted molar refractivity (Wildman–Crippen MR) is 106 cm³/mol. The minimum absolute atomic E-state index is 0.0338. The van der Waals surface area contributed by atoms with Crippen LogP contribution in [-0.4, -0.2) is 53.8 Å². The molecule has 0 fully saturated rings. The highest BCUT2D eigenvalue weighted by molar-refractivity contribution is 5.91. The number of benzene rings is 1. The molecule has 166 valence electrons. The lowest BCUT2D eigenvalue weighted by atomic mass is 10.0. The normalized spacial score (nSPS) is 13.6. The molecule has 1 aromatic rings. The summed E-state index contributed by atoms with van der Waals surface area (Å²) >= 11 is 0. The van der Waals surface area contributed by atoms with Gasteiger partial charge in [0.1, 0.15) is 25.4 Å². The topological polar surface area (TPSA) is 134 Å². The zero-order valence-corrected chi connectivity index (χ0v) is 17.2. The molecule has 0 aliphatic carbocycles. The number of carboxylic acid groups (broad SMARTS) is 1. The van der Waals surface area contributed by atoms with Gasteiger partial charge in [-0.15, -0.1) is 0 Å². The van der Waals surface area contributed by atoms with Crippen molar-refractivity contribution in [2.24, 2.45) is 5.92 Å². The van der Waals surface area contributed by atoms with E-state index in [1.165, 1.54) is 6.92 Å². The van der Waals surface area contributed by atoms with E-state index in [-0.39, 0.29) is 12.5 Å². The first kappa shape index (κ1) is 24.9. The van der Waals surface area contributed by atoms with Crippen LogP contribution in [0.5, 0.6) is 0 Å². The van der Waals surface area contributed by atoms with Gasteiger partial charge in [-0.3, -0.25) is 14.4 Å². The molecule has 3 atom stereocenters. The van der Waals surface area contributed by atoms with Crippen molar-refractivity contribution in [2.75, 3.05) is 6.67 Å². The molecule has 0 saturated carbocycles. The maximum atomic E-state index is 12.9. The van der Waals surface area contributed by atoms with Gasteiger partial charge in [-0.05, 0) is 18.4 Å². The molecule has 0 spiro atoms. The second-order valence-electron chi connectivity index (χ2n) is 7.12. The van der Waals surface area contributed by atoms with Gasteiger partial charge in [0.05, 0.1) is 12.5 Å². The van der Waals surface area contributed by atoms with Gasteiger partial charge in [-0.1, -0.05) is 44.2 Å². The van der Waals surface area contributed by atoms with Crippen molar-refractivity contribution in [3.63, 3.8) is 0 Å². The molecule has 1 aromatic carbocycles. The fourth-order valence-electron chi connectivity index (χ4n) is 2.48. The first-order valence-electron chi connectivity index (χ1n) is 9.49. The predicted octanol–water partition coefficient (Wildman–Crippen LogP) is 1.37. The third-order valence-corrected chi connectivity index (χ3v) is 4.14. The van der Waals surface area contributed by atoms with Crippen LogP contribution in [-0.2, 0) is 25.7 Å². The Bertz CT molecular complexity index is 729. The minimum Gasteiger partial charge on any atom is -0.481 e. The molecule has 4 N–H and O–H groups in total. The number of carbonyl (C=O) groups is 4. The van der Waals surface area contributed by atoms with Gasteiger partial charge in [0, 0.05) is 0 Å². The van der Waals surface area contributed by atoms with Crippen LogP contribution in [0, 0.1) is 5.92 Å². The number of aliphatic carboxylic acids is 1. The highest BCUT2D eigenvalue weighted by Crippen LogP contribution is 2.05. The fraction of sp³-hybridized carbons (Fsp3) is 0.500. The van der Waals surface area contributed by atoms with Gasteiger partial charge in [0.25, 0.3) is 0 Å². The summed E-state index contributed by atoms with van der Waals surface area (Å²) in [4.78, 5) is 47.3. The molecule has 30 heavy (non-hydrogen) atoms. The van der Waals surface area contributed by atoms with Crippen LogP contribution in [0.4, 0.5) is 9.18 Å². The summed E-state index contributed by atoms with van der Waals surface area (Å²) in [6.45, 7) is 3.76. The number of alkyl halides is 1. The summed E-state index contributed by atoms with van der Waals surface area (Å²) < 4.78 is 18.0. The molecular weight excluding hydrogens is 397 g/mol. The largest absolute Gasteiger partial charge is 0.481 e. The van der Waals surface area contributed by atoms with Crippen LogP contribution in [0.1, 0.15) is 32.8 Å². The smallest absolute Gasteiger partial charge is 0.408 e. The fourth-order valence-corrected chi connectivity index (χ4v) is 2.48. The van der Waals surface area contributed by atoms with Gasteiger partial charge in [-0.2, -0.15) is 0 Å². The minimum atomic E-state index is -1.26.